The van der Waals surface area contributed by atoms with Crippen molar-refractivity contribution in [3.8, 4) is 33.4 Å². The number of rotatable bonds is 2. The average Bonchev–Trinajstić information content (AvgIpc) is 3.31. The molecule has 8 aromatic carbocycles. The molecule has 0 heteroatoms. The van der Waals surface area contributed by atoms with E-state index in [1.807, 2.05) is 0 Å². The first-order valence-corrected chi connectivity index (χ1v) is 15.2. The highest BCUT2D eigenvalue weighted by Gasteiger charge is 2.38. The van der Waals surface area contributed by atoms with E-state index in [0.717, 1.165) is 0 Å². The second-order valence-corrected chi connectivity index (χ2v) is 12.5. The zero-order valence-corrected chi connectivity index (χ0v) is 24.4. The number of hydrogen-bond donors (Lipinski definition) is 0. The summed E-state index contributed by atoms with van der Waals surface area (Å²) in [4.78, 5) is 0. The van der Waals surface area contributed by atoms with Crippen molar-refractivity contribution in [1.29, 1.82) is 0 Å². The van der Waals surface area contributed by atoms with Gasteiger partial charge in [-0.05, 0) is 93.7 Å². The van der Waals surface area contributed by atoms with E-state index in [4.69, 9.17) is 0 Å². The van der Waals surface area contributed by atoms with Gasteiger partial charge in [0.25, 0.3) is 0 Å². The van der Waals surface area contributed by atoms with E-state index < -0.39 is 0 Å². The van der Waals surface area contributed by atoms with Crippen LogP contribution in [0.1, 0.15) is 25.0 Å². The fourth-order valence-corrected chi connectivity index (χ4v) is 7.82. The molecule has 0 aliphatic heterocycles. The summed E-state index contributed by atoms with van der Waals surface area (Å²) in [6.07, 6.45) is 0. The lowest BCUT2D eigenvalue weighted by molar-refractivity contribution is 0.661. The van der Waals surface area contributed by atoms with E-state index in [1.165, 1.54) is 87.6 Å². The molecular weight excluding hydrogens is 516 g/mol. The lowest BCUT2D eigenvalue weighted by Crippen LogP contribution is -2.14. The van der Waals surface area contributed by atoms with Crippen molar-refractivity contribution in [1.82, 2.24) is 0 Å². The second-order valence-electron chi connectivity index (χ2n) is 12.5. The quantitative estimate of drug-likeness (QED) is 0.189. The van der Waals surface area contributed by atoms with Crippen molar-refractivity contribution in [3.05, 3.63) is 157 Å². The Balaban J connectivity index is 1.33. The first kappa shape index (κ1) is 24.4. The Morgan fingerprint density at radius 1 is 0.349 bits per heavy atom. The highest BCUT2D eigenvalue weighted by atomic mass is 14.4. The van der Waals surface area contributed by atoms with Crippen LogP contribution in [0.4, 0.5) is 0 Å². The third-order valence-corrected chi connectivity index (χ3v) is 9.86. The van der Waals surface area contributed by atoms with Crippen LogP contribution >= 0.6 is 0 Å². The van der Waals surface area contributed by atoms with Crippen molar-refractivity contribution >= 4 is 43.1 Å². The highest BCUT2D eigenvalue weighted by Crippen LogP contribution is 2.55. The van der Waals surface area contributed by atoms with Crippen LogP contribution in [0, 0.1) is 0 Å². The summed E-state index contributed by atoms with van der Waals surface area (Å²) in [5, 5.41) is 10.5. The Morgan fingerprint density at radius 2 is 0.884 bits per heavy atom. The molecule has 0 atom stereocenters. The topological polar surface area (TPSA) is 0 Å². The molecule has 1 aliphatic carbocycles. The summed E-state index contributed by atoms with van der Waals surface area (Å²) >= 11 is 0. The van der Waals surface area contributed by atoms with Gasteiger partial charge < -0.3 is 0 Å². The fraction of sp³-hybridized carbons (Fsp3) is 0.0698. The van der Waals surface area contributed by atoms with Crippen LogP contribution in [0.3, 0.4) is 0 Å². The molecule has 43 heavy (non-hydrogen) atoms. The van der Waals surface area contributed by atoms with E-state index in [9.17, 15) is 0 Å². The molecule has 0 radical (unpaired) electrons. The minimum absolute atomic E-state index is 0.0669. The van der Waals surface area contributed by atoms with Crippen molar-refractivity contribution < 1.29 is 0 Å². The summed E-state index contributed by atoms with van der Waals surface area (Å²) in [6, 6.07) is 54.1. The lowest BCUT2D eigenvalue weighted by Gasteiger charge is -2.22. The Bertz CT molecular complexity index is 2390. The number of fused-ring (bicyclic) bond motifs is 11. The Kier molecular flexibility index (Phi) is 5.05. The van der Waals surface area contributed by atoms with Crippen LogP contribution in [0.15, 0.2) is 146 Å². The van der Waals surface area contributed by atoms with Gasteiger partial charge in [0, 0.05) is 5.41 Å². The minimum atomic E-state index is -0.0669. The molecule has 0 saturated carbocycles. The fourth-order valence-electron chi connectivity index (χ4n) is 7.82. The summed E-state index contributed by atoms with van der Waals surface area (Å²) in [7, 11) is 0. The molecule has 0 saturated heterocycles. The maximum absolute atomic E-state index is 2.42. The summed E-state index contributed by atoms with van der Waals surface area (Å²) < 4.78 is 0. The SMILES string of the molecule is CC1(C)c2cccc(-c3ccccc3-c3ccc4c5ccccc5c5ccccc5c4c3)c2-c2c1ccc1ccccc21. The van der Waals surface area contributed by atoms with Gasteiger partial charge in [-0.15, -0.1) is 0 Å². The largest absolute Gasteiger partial charge is 0.0616 e. The van der Waals surface area contributed by atoms with Gasteiger partial charge in [-0.1, -0.05) is 153 Å². The molecular formula is C43H30. The van der Waals surface area contributed by atoms with E-state index in [-0.39, 0.29) is 5.41 Å². The summed E-state index contributed by atoms with van der Waals surface area (Å²) in [5.74, 6) is 0. The molecule has 1 aliphatic rings. The van der Waals surface area contributed by atoms with E-state index in [2.05, 4.69) is 159 Å². The van der Waals surface area contributed by atoms with Crippen LogP contribution in [0.25, 0.3) is 76.5 Å². The third kappa shape index (κ3) is 3.38. The molecule has 0 N–H and O–H groups in total. The average molecular weight is 547 g/mol. The predicted octanol–water partition coefficient (Wildman–Crippen LogP) is 11.9. The molecule has 0 unspecified atom stereocenters. The zero-order chi connectivity index (χ0) is 28.7. The van der Waals surface area contributed by atoms with Gasteiger partial charge in [-0.2, -0.15) is 0 Å². The second kappa shape index (κ2) is 8.90. The number of benzene rings is 8. The van der Waals surface area contributed by atoms with Crippen molar-refractivity contribution in [2.45, 2.75) is 19.3 Å². The molecule has 0 spiro atoms. The van der Waals surface area contributed by atoms with Crippen molar-refractivity contribution in [2.75, 3.05) is 0 Å². The van der Waals surface area contributed by atoms with Gasteiger partial charge in [-0.25, -0.2) is 0 Å². The maximum atomic E-state index is 2.42. The molecule has 0 nitrogen and oxygen atoms in total. The minimum Gasteiger partial charge on any atom is -0.0616 e. The van der Waals surface area contributed by atoms with Crippen LogP contribution in [-0.2, 0) is 5.41 Å². The zero-order valence-electron chi connectivity index (χ0n) is 24.4. The standard InChI is InChI=1S/C43H30/c1-43(2)39-21-11-20-37(42(39)41-30-14-4-3-12-27(30)23-25-40(41)43)31-15-6-5-13-29(31)28-22-24-36-34-18-8-7-16-32(34)33-17-9-10-19-35(33)38(36)26-28/h3-26H,1-2H3. The van der Waals surface area contributed by atoms with Crippen LogP contribution in [0.5, 0.6) is 0 Å². The van der Waals surface area contributed by atoms with Gasteiger partial charge >= 0.3 is 0 Å². The Hall–Kier alpha value is -5.20. The third-order valence-electron chi connectivity index (χ3n) is 9.86. The monoisotopic (exact) mass is 546 g/mol. The van der Waals surface area contributed by atoms with Gasteiger partial charge in [-0.3, -0.25) is 0 Å². The van der Waals surface area contributed by atoms with Crippen LogP contribution in [0.2, 0.25) is 0 Å². The summed E-state index contributed by atoms with van der Waals surface area (Å²) in [5.41, 5.74) is 10.6. The molecule has 202 valence electrons. The van der Waals surface area contributed by atoms with Gasteiger partial charge in [0.1, 0.15) is 0 Å². The Morgan fingerprint density at radius 3 is 1.60 bits per heavy atom. The maximum Gasteiger partial charge on any atom is 0.0159 e. The van der Waals surface area contributed by atoms with Crippen LogP contribution < -0.4 is 0 Å². The highest BCUT2D eigenvalue weighted by molar-refractivity contribution is 6.25. The molecule has 0 fully saturated rings. The molecule has 0 heterocycles. The normalized spacial score (nSPS) is 13.5. The Labute approximate surface area is 251 Å². The number of hydrogen-bond acceptors (Lipinski definition) is 0. The molecule has 0 amide bonds. The summed E-state index contributed by atoms with van der Waals surface area (Å²) in [6.45, 7) is 4.75. The lowest BCUT2D eigenvalue weighted by atomic mass is 9.81. The molecule has 0 aromatic heterocycles. The van der Waals surface area contributed by atoms with E-state index in [1.54, 1.807) is 0 Å². The molecule has 0 bridgehead atoms. The van der Waals surface area contributed by atoms with Gasteiger partial charge in [0.15, 0.2) is 0 Å². The van der Waals surface area contributed by atoms with Gasteiger partial charge in [0.05, 0.1) is 0 Å². The van der Waals surface area contributed by atoms with Crippen LogP contribution in [-0.4, -0.2) is 0 Å². The molecule has 8 aromatic rings. The van der Waals surface area contributed by atoms with Crippen molar-refractivity contribution in [3.63, 3.8) is 0 Å². The van der Waals surface area contributed by atoms with E-state index >= 15 is 0 Å². The molecule has 9 rings (SSSR count). The first-order valence-electron chi connectivity index (χ1n) is 15.2. The van der Waals surface area contributed by atoms with Crippen molar-refractivity contribution in [2.24, 2.45) is 0 Å². The van der Waals surface area contributed by atoms with Gasteiger partial charge in [0.2, 0.25) is 0 Å². The first-order chi connectivity index (χ1) is 21.1. The smallest absolute Gasteiger partial charge is 0.0159 e. The van der Waals surface area contributed by atoms with E-state index in [0.29, 0.717) is 0 Å². The predicted molar refractivity (Wildman–Crippen MR) is 185 cm³/mol.